The minimum absolute atomic E-state index is 0.135. The Balaban J connectivity index is 1.81. The summed E-state index contributed by atoms with van der Waals surface area (Å²) in [6.45, 7) is 4.16. The highest BCUT2D eigenvalue weighted by atomic mass is 32.1. The van der Waals surface area contributed by atoms with Crippen molar-refractivity contribution in [2.45, 2.75) is 19.9 Å². The molecule has 0 aliphatic carbocycles. The summed E-state index contributed by atoms with van der Waals surface area (Å²) in [4.78, 5) is 18.6. The van der Waals surface area contributed by atoms with Gasteiger partial charge in [-0.2, -0.15) is 0 Å². The molecule has 0 bridgehead atoms. The molecule has 0 aliphatic rings. The molecule has 0 saturated heterocycles. The number of amides is 1. The SMILES string of the molecule is COc1ccccc1[C@@H](Nc1ccccn1)c1c(NC(=O)c2ccccc2)sc(C)c1C. The third-order valence-corrected chi connectivity index (χ3v) is 6.53. The van der Waals surface area contributed by atoms with Crippen LogP contribution in [0.1, 0.15) is 38.0 Å². The summed E-state index contributed by atoms with van der Waals surface area (Å²) in [5.74, 6) is 1.38. The van der Waals surface area contributed by atoms with Crippen LogP contribution in [0.4, 0.5) is 10.8 Å². The van der Waals surface area contributed by atoms with Gasteiger partial charge in [0.1, 0.15) is 16.6 Å². The second kappa shape index (κ2) is 9.66. The summed E-state index contributed by atoms with van der Waals surface area (Å²) < 4.78 is 5.68. The lowest BCUT2D eigenvalue weighted by molar-refractivity contribution is 0.102. The van der Waals surface area contributed by atoms with E-state index in [9.17, 15) is 4.79 Å². The van der Waals surface area contributed by atoms with E-state index in [1.165, 1.54) is 0 Å². The molecule has 5 nitrogen and oxygen atoms in total. The summed E-state index contributed by atoms with van der Waals surface area (Å²) in [6, 6.07) is 22.7. The largest absolute Gasteiger partial charge is 0.496 e. The van der Waals surface area contributed by atoms with Crippen LogP contribution in [-0.2, 0) is 0 Å². The maximum atomic E-state index is 13.0. The van der Waals surface area contributed by atoms with E-state index < -0.39 is 0 Å². The molecule has 2 heterocycles. The van der Waals surface area contributed by atoms with Crippen molar-refractivity contribution in [3.8, 4) is 5.75 Å². The van der Waals surface area contributed by atoms with Gasteiger partial charge in [-0.25, -0.2) is 4.98 Å². The normalized spacial score (nSPS) is 11.6. The smallest absolute Gasteiger partial charge is 0.256 e. The van der Waals surface area contributed by atoms with Crippen molar-refractivity contribution in [3.63, 3.8) is 0 Å². The molecule has 6 heteroatoms. The number of hydrogen-bond donors (Lipinski definition) is 2. The van der Waals surface area contributed by atoms with Crippen molar-refractivity contribution in [3.05, 3.63) is 106 Å². The van der Waals surface area contributed by atoms with E-state index in [2.05, 4.69) is 29.5 Å². The first-order chi connectivity index (χ1) is 15.6. The van der Waals surface area contributed by atoms with Gasteiger partial charge in [0, 0.05) is 27.8 Å². The molecule has 2 aromatic heterocycles. The maximum Gasteiger partial charge on any atom is 0.256 e. The zero-order chi connectivity index (χ0) is 22.5. The highest BCUT2D eigenvalue weighted by Crippen LogP contribution is 2.43. The van der Waals surface area contributed by atoms with Crippen LogP contribution < -0.4 is 15.4 Å². The van der Waals surface area contributed by atoms with Crippen LogP contribution in [-0.4, -0.2) is 18.0 Å². The van der Waals surface area contributed by atoms with E-state index in [4.69, 9.17) is 4.74 Å². The number of ether oxygens (including phenoxy) is 1. The molecule has 1 atom stereocenters. The van der Waals surface area contributed by atoms with E-state index in [1.807, 2.05) is 72.8 Å². The number of anilines is 2. The predicted molar refractivity (Wildman–Crippen MR) is 131 cm³/mol. The number of benzene rings is 2. The summed E-state index contributed by atoms with van der Waals surface area (Å²) in [5.41, 5.74) is 3.72. The van der Waals surface area contributed by atoms with Gasteiger partial charge in [0.15, 0.2) is 0 Å². The van der Waals surface area contributed by atoms with Crippen molar-refractivity contribution in [2.24, 2.45) is 0 Å². The van der Waals surface area contributed by atoms with Crippen LogP contribution in [0, 0.1) is 13.8 Å². The van der Waals surface area contributed by atoms with Gasteiger partial charge in [-0.15, -0.1) is 11.3 Å². The van der Waals surface area contributed by atoms with Crippen LogP contribution in [0.15, 0.2) is 79.0 Å². The lowest BCUT2D eigenvalue weighted by Gasteiger charge is -2.24. The van der Waals surface area contributed by atoms with Crippen molar-refractivity contribution in [1.29, 1.82) is 0 Å². The molecule has 0 fully saturated rings. The number of para-hydroxylation sites is 1. The van der Waals surface area contributed by atoms with Gasteiger partial charge in [-0.3, -0.25) is 4.79 Å². The number of thiophene rings is 1. The van der Waals surface area contributed by atoms with E-state index in [0.29, 0.717) is 5.56 Å². The molecule has 32 heavy (non-hydrogen) atoms. The summed E-state index contributed by atoms with van der Waals surface area (Å²) in [7, 11) is 1.67. The zero-order valence-corrected chi connectivity index (χ0v) is 19.1. The van der Waals surface area contributed by atoms with Crippen LogP contribution in [0.2, 0.25) is 0 Å². The first-order valence-corrected chi connectivity index (χ1v) is 11.2. The average Bonchev–Trinajstić information content (AvgIpc) is 3.11. The zero-order valence-electron chi connectivity index (χ0n) is 18.3. The molecule has 4 rings (SSSR count). The minimum Gasteiger partial charge on any atom is -0.496 e. The number of aryl methyl sites for hydroxylation is 1. The standard InChI is InChI=1S/C26H25N3O2S/c1-17-18(2)32-26(29-25(30)19-11-5-4-6-12-19)23(17)24(28-22-15-9-10-16-27-22)20-13-7-8-14-21(20)31-3/h4-16,24H,1-3H3,(H,27,28)(H,29,30)/t24-/m1/s1. The topological polar surface area (TPSA) is 63.2 Å². The second-order valence-electron chi connectivity index (χ2n) is 7.38. The van der Waals surface area contributed by atoms with Gasteiger partial charge in [0.2, 0.25) is 0 Å². The Bertz CT molecular complexity index is 1210. The van der Waals surface area contributed by atoms with E-state index >= 15 is 0 Å². The van der Waals surface area contributed by atoms with Crippen molar-refractivity contribution >= 4 is 28.1 Å². The third kappa shape index (κ3) is 4.50. The van der Waals surface area contributed by atoms with Crippen LogP contribution in [0.3, 0.4) is 0 Å². The van der Waals surface area contributed by atoms with Crippen LogP contribution in [0.5, 0.6) is 5.75 Å². The van der Waals surface area contributed by atoms with Gasteiger partial charge in [-0.1, -0.05) is 42.5 Å². The highest BCUT2D eigenvalue weighted by Gasteiger charge is 2.27. The molecule has 0 unspecified atom stereocenters. The Labute approximate surface area is 192 Å². The Morgan fingerprint density at radius 2 is 1.69 bits per heavy atom. The number of methoxy groups -OCH3 is 1. The average molecular weight is 444 g/mol. The lowest BCUT2D eigenvalue weighted by Crippen LogP contribution is -2.18. The molecule has 0 radical (unpaired) electrons. The first kappa shape index (κ1) is 21.6. The van der Waals surface area contributed by atoms with Gasteiger partial charge < -0.3 is 15.4 Å². The molecule has 162 valence electrons. The fourth-order valence-electron chi connectivity index (χ4n) is 3.66. The Morgan fingerprint density at radius 1 is 0.969 bits per heavy atom. The molecule has 1 amide bonds. The van der Waals surface area contributed by atoms with Crippen molar-refractivity contribution in [2.75, 3.05) is 17.7 Å². The first-order valence-electron chi connectivity index (χ1n) is 10.3. The lowest BCUT2D eigenvalue weighted by atomic mass is 9.95. The maximum absolute atomic E-state index is 13.0. The number of nitrogens with one attached hydrogen (secondary N) is 2. The van der Waals surface area contributed by atoms with Gasteiger partial charge >= 0.3 is 0 Å². The van der Waals surface area contributed by atoms with Crippen molar-refractivity contribution < 1.29 is 9.53 Å². The molecule has 2 N–H and O–H groups in total. The van der Waals surface area contributed by atoms with Crippen LogP contribution in [0.25, 0.3) is 0 Å². The third-order valence-electron chi connectivity index (χ3n) is 5.39. The highest BCUT2D eigenvalue weighted by molar-refractivity contribution is 7.16. The monoisotopic (exact) mass is 443 g/mol. The molecular weight excluding hydrogens is 418 g/mol. The number of pyridine rings is 1. The minimum atomic E-state index is -0.267. The number of carbonyl (C=O) groups is 1. The second-order valence-corrected chi connectivity index (χ2v) is 8.61. The fourth-order valence-corrected chi connectivity index (χ4v) is 4.75. The summed E-state index contributed by atoms with van der Waals surface area (Å²) in [5, 5.41) is 7.51. The van der Waals surface area contributed by atoms with E-state index in [-0.39, 0.29) is 11.9 Å². The molecule has 4 aromatic rings. The van der Waals surface area contributed by atoms with Crippen LogP contribution >= 0.6 is 11.3 Å². The fraction of sp³-hybridized carbons (Fsp3) is 0.154. The number of rotatable bonds is 7. The predicted octanol–water partition coefficient (Wildman–Crippen LogP) is 6.22. The number of aromatic nitrogens is 1. The molecule has 0 saturated carbocycles. The summed E-state index contributed by atoms with van der Waals surface area (Å²) in [6.07, 6.45) is 1.76. The van der Waals surface area contributed by atoms with Gasteiger partial charge in [-0.05, 0) is 49.7 Å². The Kier molecular flexibility index (Phi) is 6.52. The van der Waals surface area contributed by atoms with E-state index in [1.54, 1.807) is 24.6 Å². The van der Waals surface area contributed by atoms with E-state index in [0.717, 1.165) is 38.1 Å². The number of hydrogen-bond acceptors (Lipinski definition) is 5. The molecule has 2 aromatic carbocycles. The van der Waals surface area contributed by atoms with Gasteiger partial charge in [0.05, 0.1) is 13.2 Å². The summed E-state index contributed by atoms with van der Waals surface area (Å²) >= 11 is 1.58. The number of carbonyl (C=O) groups excluding carboxylic acids is 1. The Morgan fingerprint density at radius 3 is 2.41 bits per heavy atom. The Hall–Kier alpha value is -3.64. The number of nitrogens with zero attached hydrogens (tertiary/aromatic N) is 1. The van der Waals surface area contributed by atoms with Gasteiger partial charge in [0.25, 0.3) is 5.91 Å². The molecule has 0 aliphatic heterocycles. The van der Waals surface area contributed by atoms with Crippen molar-refractivity contribution in [1.82, 2.24) is 4.98 Å². The quantitative estimate of drug-likeness (QED) is 0.356. The molecule has 0 spiro atoms. The molecular formula is C26H25N3O2S.